The molecule has 0 aliphatic carbocycles. The maximum Gasteiger partial charge on any atom is 0.221 e. The van der Waals surface area contributed by atoms with Crippen LogP contribution in [0.5, 0.6) is 0 Å². The van der Waals surface area contributed by atoms with Crippen LogP contribution in [0, 0.1) is 5.92 Å². The van der Waals surface area contributed by atoms with Gasteiger partial charge in [0.1, 0.15) is 11.0 Å². The number of aromatic amines is 1. The number of rotatable bonds is 6. The van der Waals surface area contributed by atoms with E-state index in [0.717, 1.165) is 16.9 Å². The normalized spacial score (nSPS) is 12.7. The van der Waals surface area contributed by atoms with Gasteiger partial charge in [0.15, 0.2) is 11.5 Å². The standard InChI is InChI=1S/C19H20ClN7O/c1-11(2)18(19-21-12-5-3-4-6-13(12)22-19)23-17(28)10-9-16-25-24-15-8-7-14(20)26-27(15)16/h3-8,11,18H,9-10H2,1-2H3,(H,21,22)(H,23,28). The minimum absolute atomic E-state index is 0.0852. The molecule has 28 heavy (non-hydrogen) atoms. The molecule has 3 aromatic heterocycles. The highest BCUT2D eigenvalue weighted by molar-refractivity contribution is 6.29. The molecule has 144 valence electrons. The second kappa shape index (κ2) is 7.55. The minimum atomic E-state index is -0.206. The maximum atomic E-state index is 12.6. The smallest absolute Gasteiger partial charge is 0.221 e. The number of imidazole rings is 1. The fourth-order valence-corrected chi connectivity index (χ4v) is 3.25. The lowest BCUT2D eigenvalue weighted by Gasteiger charge is -2.20. The average molecular weight is 398 g/mol. The first kappa shape index (κ1) is 18.4. The summed E-state index contributed by atoms with van der Waals surface area (Å²) >= 11 is 5.94. The van der Waals surface area contributed by atoms with E-state index >= 15 is 0 Å². The molecule has 0 saturated carbocycles. The summed E-state index contributed by atoms with van der Waals surface area (Å²) in [6.07, 6.45) is 0.670. The molecular weight excluding hydrogens is 378 g/mol. The summed E-state index contributed by atoms with van der Waals surface area (Å²) in [5, 5.41) is 15.8. The Morgan fingerprint density at radius 1 is 1.21 bits per heavy atom. The highest BCUT2D eigenvalue weighted by Crippen LogP contribution is 2.22. The van der Waals surface area contributed by atoms with Crippen molar-refractivity contribution in [2.45, 2.75) is 32.7 Å². The number of amides is 1. The zero-order valence-corrected chi connectivity index (χ0v) is 16.3. The lowest BCUT2D eigenvalue weighted by Crippen LogP contribution is -2.32. The van der Waals surface area contributed by atoms with Gasteiger partial charge in [-0.1, -0.05) is 37.6 Å². The van der Waals surface area contributed by atoms with Crippen molar-refractivity contribution < 1.29 is 4.79 Å². The number of benzene rings is 1. The van der Waals surface area contributed by atoms with E-state index in [1.165, 1.54) is 0 Å². The molecule has 0 radical (unpaired) electrons. The van der Waals surface area contributed by atoms with Gasteiger partial charge >= 0.3 is 0 Å². The predicted molar refractivity (Wildman–Crippen MR) is 106 cm³/mol. The van der Waals surface area contributed by atoms with Crippen molar-refractivity contribution in [1.29, 1.82) is 0 Å². The van der Waals surface area contributed by atoms with Crippen LogP contribution >= 0.6 is 11.6 Å². The topological polar surface area (TPSA) is 101 Å². The van der Waals surface area contributed by atoms with Gasteiger partial charge in [0.05, 0.1) is 17.1 Å². The monoisotopic (exact) mass is 397 g/mol. The number of aromatic nitrogens is 6. The van der Waals surface area contributed by atoms with E-state index in [-0.39, 0.29) is 24.3 Å². The van der Waals surface area contributed by atoms with Crippen molar-refractivity contribution in [1.82, 2.24) is 35.1 Å². The zero-order valence-electron chi connectivity index (χ0n) is 15.6. The van der Waals surface area contributed by atoms with Crippen molar-refractivity contribution in [3.63, 3.8) is 0 Å². The number of nitrogens with zero attached hydrogens (tertiary/aromatic N) is 5. The quantitative estimate of drug-likeness (QED) is 0.520. The molecule has 2 N–H and O–H groups in total. The molecule has 1 aromatic carbocycles. The first-order chi connectivity index (χ1) is 13.5. The van der Waals surface area contributed by atoms with Crippen molar-refractivity contribution in [2.24, 2.45) is 5.92 Å². The second-order valence-electron chi connectivity index (χ2n) is 6.97. The van der Waals surface area contributed by atoms with Crippen molar-refractivity contribution >= 4 is 34.2 Å². The van der Waals surface area contributed by atoms with Gasteiger partial charge in [-0.25, -0.2) is 4.98 Å². The number of hydrogen-bond acceptors (Lipinski definition) is 5. The van der Waals surface area contributed by atoms with Gasteiger partial charge in [-0.3, -0.25) is 4.79 Å². The summed E-state index contributed by atoms with van der Waals surface area (Å²) in [6.45, 7) is 4.10. The SMILES string of the molecule is CC(C)C(NC(=O)CCc1nnc2ccc(Cl)nn12)c1nc2ccccc2[nH]1. The number of carbonyl (C=O) groups is 1. The zero-order chi connectivity index (χ0) is 19.7. The number of halogens is 1. The maximum absolute atomic E-state index is 12.6. The molecule has 4 aromatic rings. The minimum Gasteiger partial charge on any atom is -0.346 e. The van der Waals surface area contributed by atoms with Gasteiger partial charge < -0.3 is 10.3 Å². The Labute approximate surface area is 166 Å². The van der Waals surface area contributed by atoms with Crippen LogP contribution in [0.25, 0.3) is 16.7 Å². The number of aryl methyl sites for hydroxylation is 1. The van der Waals surface area contributed by atoms with E-state index in [2.05, 4.69) is 44.4 Å². The molecule has 0 aliphatic rings. The van der Waals surface area contributed by atoms with E-state index in [4.69, 9.17) is 11.6 Å². The number of para-hydroxylation sites is 2. The lowest BCUT2D eigenvalue weighted by atomic mass is 10.0. The fraction of sp³-hybridized carbons (Fsp3) is 0.316. The van der Waals surface area contributed by atoms with Crippen molar-refractivity contribution in [3.05, 3.63) is 53.2 Å². The van der Waals surface area contributed by atoms with Gasteiger partial charge in [0, 0.05) is 12.8 Å². The van der Waals surface area contributed by atoms with E-state index in [0.29, 0.717) is 23.0 Å². The largest absolute Gasteiger partial charge is 0.346 e. The molecule has 0 fully saturated rings. The molecule has 0 saturated heterocycles. The van der Waals surface area contributed by atoms with Gasteiger partial charge in [0.25, 0.3) is 0 Å². The van der Waals surface area contributed by atoms with Gasteiger partial charge in [-0.15, -0.1) is 10.2 Å². The second-order valence-corrected chi connectivity index (χ2v) is 7.36. The van der Waals surface area contributed by atoms with Crippen LogP contribution in [0.1, 0.15) is 38.0 Å². The first-order valence-corrected chi connectivity index (χ1v) is 9.50. The molecule has 0 bridgehead atoms. The summed E-state index contributed by atoms with van der Waals surface area (Å²) in [6, 6.07) is 11.0. The summed E-state index contributed by atoms with van der Waals surface area (Å²) in [5.74, 6) is 1.44. The Balaban J connectivity index is 1.46. The van der Waals surface area contributed by atoms with E-state index in [1.54, 1.807) is 16.6 Å². The van der Waals surface area contributed by atoms with E-state index in [9.17, 15) is 4.79 Å². The molecule has 8 nitrogen and oxygen atoms in total. The van der Waals surface area contributed by atoms with E-state index in [1.807, 2.05) is 24.3 Å². The molecule has 9 heteroatoms. The number of carbonyl (C=O) groups excluding carboxylic acids is 1. The Hall–Kier alpha value is -3.00. The molecular formula is C19H20ClN7O. The molecule has 0 spiro atoms. The highest BCUT2D eigenvalue weighted by Gasteiger charge is 2.22. The molecule has 1 unspecified atom stereocenters. The summed E-state index contributed by atoms with van der Waals surface area (Å²) in [5.41, 5.74) is 2.44. The number of H-pyrrole nitrogens is 1. The molecule has 0 aliphatic heterocycles. The Morgan fingerprint density at radius 2 is 2.04 bits per heavy atom. The number of nitrogens with one attached hydrogen (secondary N) is 2. The Bertz CT molecular complexity index is 1100. The van der Waals surface area contributed by atoms with Crippen molar-refractivity contribution in [2.75, 3.05) is 0 Å². The molecule has 4 rings (SSSR count). The summed E-state index contributed by atoms with van der Waals surface area (Å²) in [4.78, 5) is 20.5. The lowest BCUT2D eigenvalue weighted by molar-refractivity contribution is -0.122. The van der Waals surface area contributed by atoms with Crippen LogP contribution in [-0.4, -0.2) is 35.7 Å². The summed E-state index contributed by atoms with van der Waals surface area (Å²) < 4.78 is 1.56. The van der Waals surface area contributed by atoms with Crippen molar-refractivity contribution in [3.8, 4) is 0 Å². The third-order valence-electron chi connectivity index (χ3n) is 4.56. The molecule has 1 amide bonds. The Kier molecular flexibility index (Phi) is 4.95. The predicted octanol–water partition coefficient (Wildman–Crippen LogP) is 3.10. The summed E-state index contributed by atoms with van der Waals surface area (Å²) in [7, 11) is 0. The number of hydrogen-bond donors (Lipinski definition) is 2. The third-order valence-corrected chi connectivity index (χ3v) is 4.76. The van der Waals surface area contributed by atoms with Crippen LogP contribution in [0.4, 0.5) is 0 Å². The molecule has 1 atom stereocenters. The van der Waals surface area contributed by atoms with Crippen LogP contribution in [-0.2, 0) is 11.2 Å². The van der Waals surface area contributed by atoms with Crippen LogP contribution in [0.3, 0.4) is 0 Å². The van der Waals surface area contributed by atoms with Crippen LogP contribution < -0.4 is 5.32 Å². The molecule has 3 heterocycles. The van der Waals surface area contributed by atoms with Gasteiger partial charge in [-0.2, -0.15) is 9.61 Å². The van der Waals surface area contributed by atoms with E-state index < -0.39 is 0 Å². The van der Waals surface area contributed by atoms with Gasteiger partial charge in [0.2, 0.25) is 5.91 Å². The number of fused-ring (bicyclic) bond motifs is 2. The first-order valence-electron chi connectivity index (χ1n) is 9.12. The third kappa shape index (κ3) is 3.68. The highest BCUT2D eigenvalue weighted by atomic mass is 35.5. The van der Waals surface area contributed by atoms with Crippen LogP contribution in [0.2, 0.25) is 5.15 Å². The Morgan fingerprint density at radius 3 is 2.82 bits per heavy atom. The van der Waals surface area contributed by atoms with Gasteiger partial charge in [-0.05, 0) is 30.2 Å². The average Bonchev–Trinajstić information content (AvgIpc) is 3.27. The van der Waals surface area contributed by atoms with Crippen LogP contribution in [0.15, 0.2) is 36.4 Å². The fourth-order valence-electron chi connectivity index (χ4n) is 3.11.